The van der Waals surface area contributed by atoms with Crippen molar-refractivity contribution < 1.29 is 19.5 Å². The molecule has 138 valence electrons. The van der Waals surface area contributed by atoms with Gasteiger partial charge in [0.2, 0.25) is 11.8 Å². The van der Waals surface area contributed by atoms with Crippen LogP contribution in [0, 0.1) is 5.41 Å². The SMILES string of the molecule is CC(C)(C)CC(=O)NC(C)(C)CC(=O)Nc1cncc(C(=O)O)c1N. The van der Waals surface area contributed by atoms with Crippen LogP contribution in [-0.2, 0) is 9.59 Å². The Kier molecular flexibility index (Phi) is 6.12. The summed E-state index contributed by atoms with van der Waals surface area (Å²) in [5, 5.41) is 14.4. The normalized spacial score (nSPS) is 11.7. The second-order valence-electron chi connectivity index (χ2n) is 7.85. The first-order valence-corrected chi connectivity index (χ1v) is 7.88. The highest BCUT2D eigenvalue weighted by Crippen LogP contribution is 2.23. The molecule has 0 aliphatic heterocycles. The van der Waals surface area contributed by atoms with Crippen molar-refractivity contribution in [3.8, 4) is 0 Å². The molecule has 0 unspecified atom stereocenters. The molecule has 5 N–H and O–H groups in total. The predicted octanol–water partition coefficient (Wildman–Crippen LogP) is 2.02. The number of carbonyl (C=O) groups is 3. The molecule has 1 aromatic heterocycles. The highest BCUT2D eigenvalue weighted by atomic mass is 16.4. The molecule has 0 aliphatic carbocycles. The number of pyridine rings is 1. The fourth-order valence-electron chi connectivity index (χ4n) is 2.28. The molecular formula is C17H26N4O4. The molecule has 0 radical (unpaired) electrons. The van der Waals surface area contributed by atoms with Gasteiger partial charge in [0.1, 0.15) is 5.56 Å². The molecule has 0 saturated heterocycles. The Hall–Kier alpha value is -2.64. The number of anilines is 2. The lowest BCUT2D eigenvalue weighted by Crippen LogP contribution is -2.46. The number of carboxylic acids is 1. The third kappa shape index (κ3) is 6.78. The Morgan fingerprint density at radius 2 is 1.68 bits per heavy atom. The number of nitrogens with zero attached hydrogens (tertiary/aromatic N) is 1. The van der Waals surface area contributed by atoms with Crippen molar-refractivity contribution in [3.63, 3.8) is 0 Å². The van der Waals surface area contributed by atoms with Crippen molar-refractivity contribution in [3.05, 3.63) is 18.0 Å². The zero-order chi connectivity index (χ0) is 19.4. The fraction of sp³-hybridized carbons (Fsp3) is 0.529. The molecule has 0 bridgehead atoms. The predicted molar refractivity (Wildman–Crippen MR) is 95.1 cm³/mol. The van der Waals surface area contributed by atoms with Crippen LogP contribution in [0.5, 0.6) is 0 Å². The molecule has 25 heavy (non-hydrogen) atoms. The number of nitrogen functional groups attached to an aromatic ring is 1. The summed E-state index contributed by atoms with van der Waals surface area (Å²) in [7, 11) is 0. The van der Waals surface area contributed by atoms with E-state index in [0.717, 1.165) is 6.20 Å². The van der Waals surface area contributed by atoms with Gasteiger partial charge in [-0.15, -0.1) is 0 Å². The number of nitrogens with one attached hydrogen (secondary N) is 2. The van der Waals surface area contributed by atoms with Crippen molar-refractivity contribution >= 4 is 29.2 Å². The van der Waals surface area contributed by atoms with E-state index in [1.165, 1.54) is 6.20 Å². The van der Waals surface area contributed by atoms with Crippen LogP contribution >= 0.6 is 0 Å². The highest BCUT2D eigenvalue weighted by Gasteiger charge is 2.26. The van der Waals surface area contributed by atoms with Gasteiger partial charge in [-0.25, -0.2) is 4.79 Å². The summed E-state index contributed by atoms with van der Waals surface area (Å²) in [5.41, 5.74) is 4.70. The van der Waals surface area contributed by atoms with E-state index in [1.54, 1.807) is 13.8 Å². The van der Waals surface area contributed by atoms with E-state index in [1.807, 2.05) is 20.8 Å². The first-order valence-electron chi connectivity index (χ1n) is 7.88. The van der Waals surface area contributed by atoms with Gasteiger partial charge in [-0.1, -0.05) is 20.8 Å². The minimum atomic E-state index is -1.23. The number of hydrogen-bond acceptors (Lipinski definition) is 5. The van der Waals surface area contributed by atoms with Gasteiger partial charge in [0, 0.05) is 24.6 Å². The standard InChI is InChI=1S/C17H26N4O4/c1-16(2,3)6-13(23)21-17(4,5)7-12(22)20-11-9-19-8-10(14(11)18)15(24)25/h8-9H,6-7H2,1-5H3,(H2,18,19)(H,20,22)(H,21,23)(H,24,25). The monoisotopic (exact) mass is 350 g/mol. The molecule has 0 saturated carbocycles. The summed E-state index contributed by atoms with van der Waals surface area (Å²) >= 11 is 0. The van der Waals surface area contributed by atoms with Crippen LogP contribution in [-0.4, -0.2) is 33.4 Å². The van der Waals surface area contributed by atoms with Gasteiger partial charge in [0.25, 0.3) is 0 Å². The zero-order valence-electron chi connectivity index (χ0n) is 15.3. The Balaban J connectivity index is 2.74. The third-order valence-corrected chi connectivity index (χ3v) is 3.26. The number of carbonyl (C=O) groups excluding carboxylic acids is 2. The van der Waals surface area contributed by atoms with Crippen LogP contribution in [0.1, 0.15) is 57.8 Å². The molecule has 0 aromatic carbocycles. The van der Waals surface area contributed by atoms with Crippen molar-refractivity contribution in [2.45, 2.75) is 53.0 Å². The van der Waals surface area contributed by atoms with Gasteiger partial charge in [0.15, 0.2) is 0 Å². The van der Waals surface area contributed by atoms with Crippen molar-refractivity contribution in [1.29, 1.82) is 0 Å². The van der Waals surface area contributed by atoms with Crippen molar-refractivity contribution in [2.24, 2.45) is 5.41 Å². The lowest BCUT2D eigenvalue weighted by molar-refractivity contribution is -0.125. The number of amides is 2. The number of hydrogen-bond donors (Lipinski definition) is 4. The van der Waals surface area contributed by atoms with Crippen molar-refractivity contribution in [1.82, 2.24) is 10.3 Å². The minimum Gasteiger partial charge on any atom is -0.478 e. The zero-order valence-corrected chi connectivity index (χ0v) is 15.3. The van der Waals surface area contributed by atoms with E-state index in [4.69, 9.17) is 10.8 Å². The fourth-order valence-corrected chi connectivity index (χ4v) is 2.28. The van der Waals surface area contributed by atoms with Crippen LogP contribution < -0.4 is 16.4 Å². The average Bonchev–Trinajstić information content (AvgIpc) is 2.36. The lowest BCUT2D eigenvalue weighted by Gasteiger charge is -2.28. The maximum Gasteiger partial charge on any atom is 0.339 e. The van der Waals surface area contributed by atoms with Gasteiger partial charge < -0.3 is 21.5 Å². The van der Waals surface area contributed by atoms with Gasteiger partial charge >= 0.3 is 5.97 Å². The van der Waals surface area contributed by atoms with E-state index in [-0.39, 0.29) is 34.7 Å². The van der Waals surface area contributed by atoms with Crippen LogP contribution in [0.4, 0.5) is 11.4 Å². The van der Waals surface area contributed by atoms with E-state index >= 15 is 0 Å². The van der Waals surface area contributed by atoms with Crippen LogP contribution in [0.15, 0.2) is 12.4 Å². The largest absolute Gasteiger partial charge is 0.478 e. The highest BCUT2D eigenvalue weighted by molar-refractivity contribution is 6.01. The number of rotatable bonds is 6. The van der Waals surface area contributed by atoms with Gasteiger partial charge in [-0.3, -0.25) is 14.6 Å². The van der Waals surface area contributed by atoms with Crippen LogP contribution in [0.3, 0.4) is 0 Å². The van der Waals surface area contributed by atoms with Gasteiger partial charge in [0.05, 0.1) is 17.6 Å². The minimum absolute atomic E-state index is 0.000375. The molecule has 8 nitrogen and oxygen atoms in total. The van der Waals surface area contributed by atoms with Gasteiger partial charge in [-0.05, 0) is 19.3 Å². The van der Waals surface area contributed by atoms with Gasteiger partial charge in [-0.2, -0.15) is 0 Å². The smallest absolute Gasteiger partial charge is 0.339 e. The maximum atomic E-state index is 12.2. The molecule has 0 aliphatic rings. The number of aromatic nitrogens is 1. The third-order valence-electron chi connectivity index (χ3n) is 3.26. The van der Waals surface area contributed by atoms with E-state index in [0.29, 0.717) is 6.42 Å². The van der Waals surface area contributed by atoms with E-state index in [2.05, 4.69) is 15.6 Å². The number of nitrogens with two attached hydrogens (primary N) is 1. The molecule has 1 aromatic rings. The first kappa shape index (κ1) is 20.4. The molecule has 0 fully saturated rings. The average molecular weight is 350 g/mol. The Morgan fingerprint density at radius 3 is 2.20 bits per heavy atom. The molecule has 2 amide bonds. The summed E-state index contributed by atoms with van der Waals surface area (Å²) in [6.07, 6.45) is 2.74. The second kappa shape index (κ2) is 7.50. The summed E-state index contributed by atoms with van der Waals surface area (Å²) in [6.45, 7) is 9.34. The number of aromatic carboxylic acids is 1. The summed E-state index contributed by atoms with van der Waals surface area (Å²) in [5.74, 6) is -1.77. The molecule has 0 atom stereocenters. The number of carboxylic acid groups (broad SMARTS) is 1. The quantitative estimate of drug-likeness (QED) is 0.620. The molecule has 1 rings (SSSR count). The van der Waals surface area contributed by atoms with E-state index < -0.39 is 17.4 Å². The molecule has 8 heteroatoms. The summed E-state index contributed by atoms with van der Waals surface area (Å²) < 4.78 is 0. The molecule has 0 spiro atoms. The maximum absolute atomic E-state index is 12.2. The topological polar surface area (TPSA) is 134 Å². The Bertz CT molecular complexity index is 678. The Labute approximate surface area is 147 Å². The first-order chi connectivity index (χ1) is 11.3. The summed E-state index contributed by atoms with van der Waals surface area (Å²) in [6, 6.07) is 0. The second-order valence-corrected chi connectivity index (χ2v) is 7.85. The Morgan fingerprint density at radius 1 is 1.08 bits per heavy atom. The lowest BCUT2D eigenvalue weighted by atomic mass is 9.91. The molecular weight excluding hydrogens is 324 g/mol. The van der Waals surface area contributed by atoms with Crippen LogP contribution in [0.25, 0.3) is 0 Å². The van der Waals surface area contributed by atoms with Crippen molar-refractivity contribution in [2.75, 3.05) is 11.1 Å². The molecule has 1 heterocycles. The summed E-state index contributed by atoms with van der Waals surface area (Å²) in [4.78, 5) is 39.1. The van der Waals surface area contributed by atoms with E-state index in [9.17, 15) is 14.4 Å². The van der Waals surface area contributed by atoms with Crippen LogP contribution in [0.2, 0.25) is 0 Å².